The van der Waals surface area contributed by atoms with Crippen molar-refractivity contribution in [1.29, 1.82) is 0 Å². The van der Waals surface area contributed by atoms with Crippen LogP contribution in [-0.4, -0.2) is 18.0 Å². The molecule has 1 fully saturated rings. The van der Waals surface area contributed by atoms with Gasteiger partial charge < -0.3 is 4.90 Å². The van der Waals surface area contributed by atoms with Crippen molar-refractivity contribution in [2.24, 2.45) is 5.92 Å². The predicted molar refractivity (Wildman–Crippen MR) is 72.9 cm³/mol. The Labute approximate surface area is 108 Å². The van der Waals surface area contributed by atoms with E-state index < -0.39 is 0 Å². The minimum Gasteiger partial charge on any atom is -0.372 e. The second-order valence-electron chi connectivity index (χ2n) is 4.99. The van der Waals surface area contributed by atoms with Gasteiger partial charge in [-0.25, -0.2) is 0 Å². The van der Waals surface area contributed by atoms with E-state index in [1.165, 1.54) is 25.7 Å². The molecule has 0 N–H and O–H groups in total. The Morgan fingerprint density at radius 1 is 1.28 bits per heavy atom. The Morgan fingerprint density at radius 3 is 2.39 bits per heavy atom. The van der Waals surface area contributed by atoms with Crippen LogP contribution in [0, 0.1) is 16.0 Å². The fourth-order valence-corrected chi connectivity index (χ4v) is 2.67. The minimum absolute atomic E-state index is 0.166. The number of nitro groups is 1. The molecule has 0 bridgehead atoms. The van der Waals surface area contributed by atoms with Crippen LogP contribution in [-0.2, 0) is 0 Å². The van der Waals surface area contributed by atoms with Gasteiger partial charge in [-0.1, -0.05) is 19.8 Å². The van der Waals surface area contributed by atoms with E-state index in [4.69, 9.17) is 0 Å². The van der Waals surface area contributed by atoms with Crippen LogP contribution < -0.4 is 4.90 Å². The molecular formula is C14H20N2O2. The lowest BCUT2D eigenvalue weighted by molar-refractivity contribution is -0.384. The highest BCUT2D eigenvalue weighted by Gasteiger charge is 2.19. The Morgan fingerprint density at radius 2 is 1.89 bits per heavy atom. The number of nitro benzene ring substituents is 1. The molecule has 1 heterocycles. The largest absolute Gasteiger partial charge is 0.372 e. The van der Waals surface area contributed by atoms with E-state index in [2.05, 4.69) is 11.8 Å². The number of nitrogens with zero attached hydrogens (tertiary/aromatic N) is 2. The average Bonchev–Trinajstić information content (AvgIpc) is 2.40. The van der Waals surface area contributed by atoms with Gasteiger partial charge in [0.05, 0.1) is 4.92 Å². The van der Waals surface area contributed by atoms with Gasteiger partial charge in [0.1, 0.15) is 0 Å². The number of piperidine rings is 1. The zero-order valence-corrected chi connectivity index (χ0v) is 10.8. The van der Waals surface area contributed by atoms with Gasteiger partial charge >= 0.3 is 0 Å². The van der Waals surface area contributed by atoms with Crippen molar-refractivity contribution in [3.8, 4) is 0 Å². The average molecular weight is 248 g/mol. The van der Waals surface area contributed by atoms with Crippen molar-refractivity contribution in [3.63, 3.8) is 0 Å². The molecule has 2 rings (SSSR count). The molecule has 4 heteroatoms. The summed E-state index contributed by atoms with van der Waals surface area (Å²) in [7, 11) is 0. The van der Waals surface area contributed by atoms with Crippen molar-refractivity contribution in [3.05, 3.63) is 34.4 Å². The van der Waals surface area contributed by atoms with Gasteiger partial charge in [0.25, 0.3) is 5.69 Å². The molecule has 0 aromatic heterocycles. The third-order valence-corrected chi connectivity index (χ3v) is 3.74. The Hall–Kier alpha value is -1.58. The lowest BCUT2D eigenvalue weighted by Gasteiger charge is -2.33. The first-order valence-electron chi connectivity index (χ1n) is 6.70. The maximum Gasteiger partial charge on any atom is 0.269 e. The van der Waals surface area contributed by atoms with Crippen LogP contribution in [0.5, 0.6) is 0 Å². The zero-order chi connectivity index (χ0) is 13.0. The molecule has 0 saturated carbocycles. The fraction of sp³-hybridized carbons (Fsp3) is 0.571. The zero-order valence-electron chi connectivity index (χ0n) is 10.8. The molecule has 98 valence electrons. The van der Waals surface area contributed by atoms with Gasteiger partial charge in [-0.05, 0) is 30.9 Å². The number of non-ortho nitro benzene ring substituents is 1. The smallest absolute Gasteiger partial charge is 0.269 e. The highest BCUT2D eigenvalue weighted by Crippen LogP contribution is 2.27. The van der Waals surface area contributed by atoms with Crippen LogP contribution in [0.2, 0.25) is 0 Å². The summed E-state index contributed by atoms with van der Waals surface area (Å²) in [5, 5.41) is 10.6. The maximum absolute atomic E-state index is 10.6. The monoisotopic (exact) mass is 248 g/mol. The molecule has 4 nitrogen and oxygen atoms in total. The summed E-state index contributed by atoms with van der Waals surface area (Å²) in [6, 6.07) is 6.90. The van der Waals surface area contributed by atoms with Crippen LogP contribution in [0.1, 0.15) is 32.6 Å². The van der Waals surface area contributed by atoms with Crippen LogP contribution >= 0.6 is 0 Å². The summed E-state index contributed by atoms with van der Waals surface area (Å²) in [4.78, 5) is 12.6. The molecule has 1 aliphatic heterocycles. The van der Waals surface area contributed by atoms with Crippen LogP contribution in [0.3, 0.4) is 0 Å². The standard InChI is InChI=1S/C14H20N2O2/c1-2-3-12-8-10-15(11-9-12)13-4-6-14(7-5-13)16(17)18/h4-7,12H,2-3,8-11H2,1H3. The number of benzene rings is 1. The second kappa shape index (κ2) is 5.85. The van der Waals surface area contributed by atoms with Gasteiger partial charge in [0, 0.05) is 30.9 Å². The Kier molecular flexibility index (Phi) is 4.18. The molecular weight excluding hydrogens is 228 g/mol. The number of hydrogen-bond acceptors (Lipinski definition) is 3. The highest BCUT2D eigenvalue weighted by atomic mass is 16.6. The molecule has 1 aromatic rings. The van der Waals surface area contributed by atoms with Gasteiger partial charge in [0.15, 0.2) is 0 Å². The lowest BCUT2D eigenvalue weighted by Crippen LogP contribution is -2.33. The lowest BCUT2D eigenvalue weighted by atomic mass is 9.92. The number of anilines is 1. The maximum atomic E-state index is 10.6. The molecule has 0 atom stereocenters. The van der Waals surface area contributed by atoms with Crippen molar-refractivity contribution in [2.45, 2.75) is 32.6 Å². The van der Waals surface area contributed by atoms with Gasteiger partial charge in [-0.2, -0.15) is 0 Å². The minimum atomic E-state index is -0.350. The first kappa shape index (κ1) is 12.9. The highest BCUT2D eigenvalue weighted by molar-refractivity contribution is 5.51. The van der Waals surface area contributed by atoms with Gasteiger partial charge in [0.2, 0.25) is 0 Å². The summed E-state index contributed by atoms with van der Waals surface area (Å²) in [5.41, 5.74) is 1.27. The SMILES string of the molecule is CCCC1CCN(c2ccc([N+](=O)[O-])cc2)CC1. The third kappa shape index (κ3) is 3.00. The molecule has 1 saturated heterocycles. The molecule has 0 radical (unpaired) electrons. The first-order valence-corrected chi connectivity index (χ1v) is 6.70. The van der Waals surface area contributed by atoms with Crippen molar-refractivity contribution in [2.75, 3.05) is 18.0 Å². The van der Waals surface area contributed by atoms with Crippen LogP contribution in [0.25, 0.3) is 0 Å². The fourth-order valence-electron chi connectivity index (χ4n) is 2.67. The van der Waals surface area contributed by atoms with E-state index in [9.17, 15) is 10.1 Å². The summed E-state index contributed by atoms with van der Waals surface area (Å²) < 4.78 is 0. The Balaban J connectivity index is 1.95. The summed E-state index contributed by atoms with van der Waals surface area (Å²) in [5.74, 6) is 0.865. The summed E-state index contributed by atoms with van der Waals surface area (Å²) >= 11 is 0. The van der Waals surface area contributed by atoms with Crippen molar-refractivity contribution in [1.82, 2.24) is 0 Å². The Bertz CT molecular complexity index is 395. The molecule has 0 aliphatic carbocycles. The number of rotatable bonds is 4. The molecule has 0 amide bonds. The topological polar surface area (TPSA) is 46.4 Å². The number of hydrogen-bond donors (Lipinski definition) is 0. The normalized spacial score (nSPS) is 16.8. The van der Waals surface area contributed by atoms with Crippen molar-refractivity contribution < 1.29 is 4.92 Å². The molecule has 1 aliphatic rings. The van der Waals surface area contributed by atoms with Gasteiger partial charge in [-0.3, -0.25) is 10.1 Å². The van der Waals surface area contributed by atoms with Gasteiger partial charge in [-0.15, -0.1) is 0 Å². The second-order valence-corrected chi connectivity index (χ2v) is 4.99. The summed E-state index contributed by atoms with van der Waals surface area (Å²) in [6.07, 6.45) is 5.08. The van der Waals surface area contributed by atoms with E-state index in [0.29, 0.717) is 0 Å². The van der Waals surface area contributed by atoms with Crippen LogP contribution in [0.4, 0.5) is 11.4 Å². The molecule has 18 heavy (non-hydrogen) atoms. The van der Waals surface area contributed by atoms with Crippen molar-refractivity contribution >= 4 is 11.4 Å². The molecule has 0 spiro atoms. The van der Waals surface area contributed by atoms with E-state index >= 15 is 0 Å². The molecule has 0 unspecified atom stereocenters. The summed E-state index contributed by atoms with van der Waals surface area (Å²) in [6.45, 7) is 4.38. The van der Waals surface area contributed by atoms with E-state index in [-0.39, 0.29) is 10.6 Å². The van der Waals surface area contributed by atoms with Crippen LogP contribution in [0.15, 0.2) is 24.3 Å². The van der Waals surface area contributed by atoms with E-state index in [1.54, 1.807) is 12.1 Å². The third-order valence-electron chi connectivity index (χ3n) is 3.74. The van der Waals surface area contributed by atoms with E-state index in [0.717, 1.165) is 24.7 Å². The first-order chi connectivity index (χ1) is 8.70. The molecule has 1 aromatic carbocycles. The predicted octanol–water partition coefficient (Wildman–Crippen LogP) is 3.61. The van der Waals surface area contributed by atoms with E-state index in [1.807, 2.05) is 12.1 Å². The quantitative estimate of drug-likeness (QED) is 0.604.